The van der Waals surface area contributed by atoms with Crippen LogP contribution in [0.1, 0.15) is 44.1 Å². The summed E-state index contributed by atoms with van der Waals surface area (Å²) in [5, 5.41) is 3.64. The van der Waals surface area contributed by atoms with Crippen molar-refractivity contribution in [1.29, 1.82) is 0 Å². The second-order valence-electron chi connectivity index (χ2n) is 8.05. The molecule has 0 spiro atoms. The van der Waals surface area contributed by atoms with Gasteiger partial charge in [-0.25, -0.2) is 4.99 Å². The van der Waals surface area contributed by atoms with Gasteiger partial charge in [-0.05, 0) is 49.7 Å². The highest BCUT2D eigenvalue weighted by Crippen LogP contribution is 2.23. The second kappa shape index (κ2) is 9.72. The zero-order valence-corrected chi connectivity index (χ0v) is 16.7. The maximum absolute atomic E-state index is 12.0. The first kappa shape index (κ1) is 19.6. The predicted octanol–water partition coefficient (Wildman–Crippen LogP) is 2.31. The molecule has 1 aliphatic heterocycles. The van der Waals surface area contributed by atoms with Crippen LogP contribution >= 0.6 is 0 Å². The van der Waals surface area contributed by atoms with Gasteiger partial charge in [-0.1, -0.05) is 18.9 Å². The molecule has 1 aromatic rings. The van der Waals surface area contributed by atoms with E-state index in [1.165, 1.54) is 31.2 Å². The van der Waals surface area contributed by atoms with Gasteiger partial charge in [-0.3, -0.25) is 9.78 Å². The largest absolute Gasteiger partial charge is 0.353 e. The number of likely N-dealkylation sites (N-methyl/N-ethyl adjacent to an activating group) is 1. The summed E-state index contributed by atoms with van der Waals surface area (Å²) < 4.78 is 0. The molecule has 0 radical (unpaired) electrons. The number of rotatable bonds is 5. The van der Waals surface area contributed by atoms with E-state index in [1.807, 2.05) is 18.5 Å². The van der Waals surface area contributed by atoms with E-state index in [1.54, 1.807) is 19.0 Å². The molecule has 6 heteroatoms. The normalized spacial score (nSPS) is 19.3. The summed E-state index contributed by atoms with van der Waals surface area (Å²) in [6, 6.07) is 4.69. The first-order valence-corrected chi connectivity index (χ1v) is 10.3. The number of carbonyl (C=O) groups is 1. The van der Waals surface area contributed by atoms with Crippen LogP contribution in [0.3, 0.4) is 0 Å². The first-order valence-electron chi connectivity index (χ1n) is 10.3. The molecule has 2 heterocycles. The summed E-state index contributed by atoms with van der Waals surface area (Å²) in [6.07, 6.45) is 12.2. The molecule has 27 heavy (non-hydrogen) atoms. The quantitative estimate of drug-likeness (QED) is 0.637. The molecule has 0 aromatic carbocycles. The molecule has 1 aromatic heterocycles. The van der Waals surface area contributed by atoms with Crippen LogP contribution < -0.4 is 5.32 Å². The SMILES string of the molecule is CN(C)C(=O)CN=C(NC1CCCC1)N1CCC(Cc2cccnc2)CC1. The van der Waals surface area contributed by atoms with E-state index in [0.717, 1.165) is 38.3 Å². The summed E-state index contributed by atoms with van der Waals surface area (Å²) in [5.41, 5.74) is 1.32. The zero-order chi connectivity index (χ0) is 19.1. The van der Waals surface area contributed by atoms with Crippen LogP contribution in [0.2, 0.25) is 0 Å². The molecule has 1 N–H and O–H groups in total. The lowest BCUT2D eigenvalue weighted by molar-refractivity contribution is -0.127. The third-order valence-electron chi connectivity index (χ3n) is 5.71. The van der Waals surface area contributed by atoms with Crippen molar-refractivity contribution >= 4 is 11.9 Å². The summed E-state index contributed by atoms with van der Waals surface area (Å²) in [7, 11) is 3.57. The maximum Gasteiger partial charge on any atom is 0.243 e. The third kappa shape index (κ3) is 5.94. The third-order valence-corrected chi connectivity index (χ3v) is 5.71. The Hall–Kier alpha value is -2.11. The monoisotopic (exact) mass is 371 g/mol. The van der Waals surface area contributed by atoms with Crippen LogP contribution in [-0.2, 0) is 11.2 Å². The fourth-order valence-electron chi connectivity index (χ4n) is 3.97. The second-order valence-corrected chi connectivity index (χ2v) is 8.05. The van der Waals surface area contributed by atoms with Crippen molar-refractivity contribution in [1.82, 2.24) is 20.1 Å². The number of piperidine rings is 1. The molecule has 3 rings (SSSR count). The highest BCUT2D eigenvalue weighted by atomic mass is 16.2. The molecule has 2 aliphatic rings. The lowest BCUT2D eigenvalue weighted by Gasteiger charge is -2.35. The van der Waals surface area contributed by atoms with Gasteiger partial charge in [0.25, 0.3) is 0 Å². The summed E-state index contributed by atoms with van der Waals surface area (Å²) >= 11 is 0. The number of nitrogens with one attached hydrogen (secondary N) is 1. The van der Waals surface area contributed by atoms with Crippen molar-refractivity contribution in [3.8, 4) is 0 Å². The molecular formula is C21H33N5O. The number of amides is 1. The topological polar surface area (TPSA) is 60.8 Å². The average molecular weight is 372 g/mol. The number of aliphatic imine (C=N–C) groups is 1. The van der Waals surface area contributed by atoms with Crippen molar-refractivity contribution in [3.63, 3.8) is 0 Å². The van der Waals surface area contributed by atoms with E-state index >= 15 is 0 Å². The van der Waals surface area contributed by atoms with Crippen molar-refractivity contribution in [2.24, 2.45) is 10.9 Å². The minimum atomic E-state index is 0.0483. The van der Waals surface area contributed by atoms with Gasteiger partial charge in [0.15, 0.2) is 5.96 Å². The molecule has 1 aliphatic carbocycles. The number of guanidine groups is 1. The van der Waals surface area contributed by atoms with Crippen LogP contribution in [0.5, 0.6) is 0 Å². The van der Waals surface area contributed by atoms with E-state index in [-0.39, 0.29) is 12.5 Å². The van der Waals surface area contributed by atoms with Crippen LogP contribution in [-0.4, -0.2) is 66.4 Å². The Morgan fingerprint density at radius 2 is 2.00 bits per heavy atom. The maximum atomic E-state index is 12.0. The van der Waals surface area contributed by atoms with Crippen LogP contribution in [0.25, 0.3) is 0 Å². The van der Waals surface area contributed by atoms with Gasteiger partial charge in [-0.2, -0.15) is 0 Å². The van der Waals surface area contributed by atoms with Crippen LogP contribution in [0.15, 0.2) is 29.5 Å². The Kier molecular flexibility index (Phi) is 7.07. The Morgan fingerprint density at radius 1 is 1.26 bits per heavy atom. The van der Waals surface area contributed by atoms with Crippen LogP contribution in [0.4, 0.5) is 0 Å². The number of hydrogen-bond donors (Lipinski definition) is 1. The lowest BCUT2D eigenvalue weighted by Crippen LogP contribution is -2.49. The molecule has 1 saturated heterocycles. The molecular weight excluding hydrogens is 338 g/mol. The molecule has 2 fully saturated rings. The molecule has 148 valence electrons. The van der Waals surface area contributed by atoms with Gasteiger partial charge in [0.05, 0.1) is 0 Å². The van der Waals surface area contributed by atoms with E-state index < -0.39 is 0 Å². The Bertz CT molecular complexity index is 617. The number of nitrogens with zero attached hydrogens (tertiary/aromatic N) is 4. The predicted molar refractivity (Wildman–Crippen MR) is 109 cm³/mol. The number of pyridine rings is 1. The number of likely N-dealkylation sites (tertiary alicyclic amines) is 1. The van der Waals surface area contributed by atoms with Crippen molar-refractivity contribution in [3.05, 3.63) is 30.1 Å². The standard InChI is InChI=1S/C21H33N5O/c1-25(2)20(27)16-23-21(24-19-7-3-4-8-19)26-12-9-17(10-13-26)14-18-6-5-11-22-15-18/h5-6,11,15,17,19H,3-4,7-10,12-14,16H2,1-2H3,(H,23,24). The fraction of sp³-hybridized carbons (Fsp3) is 0.667. The Balaban J connectivity index is 1.57. The summed E-state index contributed by atoms with van der Waals surface area (Å²) in [4.78, 5) is 24.8. The molecule has 0 bridgehead atoms. The molecule has 0 atom stereocenters. The van der Waals surface area contributed by atoms with Crippen molar-refractivity contribution in [2.75, 3.05) is 33.7 Å². The molecule has 1 saturated carbocycles. The van der Waals surface area contributed by atoms with Gasteiger partial charge in [-0.15, -0.1) is 0 Å². The number of carbonyl (C=O) groups excluding carboxylic acids is 1. The molecule has 0 unspecified atom stereocenters. The van der Waals surface area contributed by atoms with Gasteiger partial charge in [0.2, 0.25) is 5.91 Å². The summed E-state index contributed by atoms with van der Waals surface area (Å²) in [5.74, 6) is 1.67. The average Bonchev–Trinajstić information content (AvgIpc) is 3.19. The Labute approximate surface area is 163 Å². The molecule has 6 nitrogen and oxygen atoms in total. The number of hydrogen-bond acceptors (Lipinski definition) is 3. The number of aromatic nitrogens is 1. The highest BCUT2D eigenvalue weighted by molar-refractivity contribution is 5.85. The summed E-state index contributed by atoms with van der Waals surface area (Å²) in [6.45, 7) is 2.22. The zero-order valence-electron chi connectivity index (χ0n) is 16.7. The minimum Gasteiger partial charge on any atom is -0.353 e. The van der Waals surface area contributed by atoms with Gasteiger partial charge in [0.1, 0.15) is 6.54 Å². The minimum absolute atomic E-state index is 0.0483. The molecule has 1 amide bonds. The van der Waals surface area contributed by atoms with Crippen LogP contribution in [0, 0.1) is 5.92 Å². The van der Waals surface area contributed by atoms with E-state index in [9.17, 15) is 4.79 Å². The highest BCUT2D eigenvalue weighted by Gasteiger charge is 2.25. The first-order chi connectivity index (χ1) is 13.1. The van der Waals surface area contributed by atoms with Gasteiger partial charge in [0, 0.05) is 45.6 Å². The lowest BCUT2D eigenvalue weighted by atomic mass is 9.91. The smallest absolute Gasteiger partial charge is 0.243 e. The van der Waals surface area contributed by atoms with E-state index in [4.69, 9.17) is 0 Å². The Morgan fingerprint density at radius 3 is 2.63 bits per heavy atom. The fourth-order valence-corrected chi connectivity index (χ4v) is 3.97. The van der Waals surface area contributed by atoms with Crippen molar-refractivity contribution in [2.45, 2.75) is 51.0 Å². The van der Waals surface area contributed by atoms with Gasteiger partial charge >= 0.3 is 0 Å². The van der Waals surface area contributed by atoms with Gasteiger partial charge < -0.3 is 15.1 Å². The van der Waals surface area contributed by atoms with Crippen molar-refractivity contribution < 1.29 is 4.79 Å². The van der Waals surface area contributed by atoms with E-state index in [0.29, 0.717) is 12.0 Å². The van der Waals surface area contributed by atoms with E-state index in [2.05, 4.69) is 26.3 Å².